The highest BCUT2D eigenvalue weighted by atomic mass is 16.5. The summed E-state index contributed by atoms with van der Waals surface area (Å²) in [6.45, 7) is 3.38. The van der Waals surface area contributed by atoms with E-state index in [2.05, 4.69) is 5.32 Å². The van der Waals surface area contributed by atoms with Crippen molar-refractivity contribution in [1.29, 1.82) is 0 Å². The van der Waals surface area contributed by atoms with E-state index in [9.17, 15) is 14.7 Å². The Bertz CT molecular complexity index is 574. The van der Waals surface area contributed by atoms with Crippen molar-refractivity contribution in [3.8, 4) is 11.5 Å². The average Bonchev–Trinajstić information content (AvgIpc) is 2.77. The lowest BCUT2D eigenvalue weighted by molar-refractivity contribution is -0.132. The number of carbonyl (C=O) groups is 2. The maximum absolute atomic E-state index is 12.2. The second kappa shape index (κ2) is 6.87. The highest BCUT2D eigenvalue weighted by Crippen LogP contribution is 2.21. The zero-order valence-corrected chi connectivity index (χ0v) is 13.5. The number of imide groups is 1. The second-order valence-electron chi connectivity index (χ2n) is 5.67. The third-order valence-corrected chi connectivity index (χ3v) is 3.95. The van der Waals surface area contributed by atoms with E-state index in [4.69, 9.17) is 9.47 Å². The van der Waals surface area contributed by atoms with E-state index in [0.717, 1.165) is 4.90 Å². The van der Waals surface area contributed by atoms with Gasteiger partial charge in [0, 0.05) is 0 Å². The number of nitrogens with zero attached hydrogens (tertiary/aromatic N) is 1. The molecule has 1 heterocycles. The van der Waals surface area contributed by atoms with Crippen molar-refractivity contribution >= 4 is 11.9 Å². The van der Waals surface area contributed by atoms with Crippen LogP contribution >= 0.6 is 0 Å². The predicted octanol–water partition coefficient (Wildman–Crippen LogP) is 1.16. The van der Waals surface area contributed by atoms with E-state index >= 15 is 0 Å². The first-order valence-corrected chi connectivity index (χ1v) is 7.48. The molecule has 1 saturated heterocycles. The van der Waals surface area contributed by atoms with Crippen LogP contribution < -0.4 is 14.8 Å². The molecule has 2 atom stereocenters. The molecule has 0 bridgehead atoms. The monoisotopic (exact) mass is 322 g/mol. The molecule has 0 aliphatic carbocycles. The van der Waals surface area contributed by atoms with Crippen LogP contribution in [0.2, 0.25) is 0 Å². The van der Waals surface area contributed by atoms with Gasteiger partial charge in [0.25, 0.3) is 5.91 Å². The molecule has 0 radical (unpaired) electrons. The van der Waals surface area contributed by atoms with E-state index in [1.165, 1.54) is 0 Å². The van der Waals surface area contributed by atoms with Gasteiger partial charge in [-0.15, -0.1) is 0 Å². The molecule has 2 N–H and O–H groups in total. The quantitative estimate of drug-likeness (QED) is 0.735. The van der Waals surface area contributed by atoms with Crippen molar-refractivity contribution in [3.63, 3.8) is 0 Å². The minimum atomic E-state index is -0.967. The maximum atomic E-state index is 12.2. The third-order valence-electron chi connectivity index (χ3n) is 3.95. The molecule has 1 aromatic rings. The van der Waals surface area contributed by atoms with Gasteiger partial charge in [0.05, 0.1) is 13.7 Å². The van der Waals surface area contributed by atoms with Crippen molar-refractivity contribution in [3.05, 3.63) is 24.3 Å². The molecule has 1 aliphatic rings. The number of nitrogens with one attached hydrogen (secondary N) is 1. The number of methoxy groups -OCH3 is 1. The number of hydrogen-bond acceptors (Lipinski definition) is 5. The molecule has 0 saturated carbocycles. The summed E-state index contributed by atoms with van der Waals surface area (Å²) < 4.78 is 10.5. The summed E-state index contributed by atoms with van der Waals surface area (Å²) in [7, 11) is 1.57. The van der Waals surface area contributed by atoms with Crippen LogP contribution in [0.25, 0.3) is 0 Å². The molecule has 1 aliphatic heterocycles. The van der Waals surface area contributed by atoms with Crippen LogP contribution in [-0.2, 0) is 4.79 Å². The molecule has 3 amide bonds. The van der Waals surface area contributed by atoms with Crippen LogP contribution in [0.15, 0.2) is 24.3 Å². The fraction of sp³-hybridized carbons (Fsp3) is 0.500. The first-order chi connectivity index (χ1) is 10.9. The lowest BCUT2D eigenvalue weighted by Crippen LogP contribution is -2.44. The zero-order valence-electron chi connectivity index (χ0n) is 13.5. The predicted molar refractivity (Wildman–Crippen MR) is 83.4 cm³/mol. The van der Waals surface area contributed by atoms with Gasteiger partial charge in [0.2, 0.25) is 0 Å². The second-order valence-corrected chi connectivity index (χ2v) is 5.67. The molecule has 2 unspecified atom stereocenters. The van der Waals surface area contributed by atoms with E-state index in [1.54, 1.807) is 38.3 Å². The van der Waals surface area contributed by atoms with Crippen molar-refractivity contribution < 1.29 is 24.2 Å². The van der Waals surface area contributed by atoms with Gasteiger partial charge in [-0.05, 0) is 37.6 Å². The highest BCUT2D eigenvalue weighted by molar-refractivity contribution is 6.06. The number of urea groups is 1. The maximum Gasteiger partial charge on any atom is 0.325 e. The van der Waals surface area contributed by atoms with Crippen LogP contribution in [0.1, 0.15) is 20.3 Å². The Morgan fingerprint density at radius 2 is 1.87 bits per heavy atom. The minimum Gasteiger partial charge on any atom is -0.497 e. The zero-order chi connectivity index (χ0) is 17.0. The number of ether oxygens (including phenoxy) is 2. The smallest absolute Gasteiger partial charge is 0.325 e. The van der Waals surface area contributed by atoms with Gasteiger partial charge in [0.1, 0.15) is 29.7 Å². The van der Waals surface area contributed by atoms with Crippen molar-refractivity contribution in [1.82, 2.24) is 10.2 Å². The standard InChI is InChI=1S/C16H22N2O5/c1-4-16(2)14(20)18(15(21)17-16)9-11(19)10-23-13-7-5-12(22-3)6-8-13/h5-8,11,19H,4,9-10H2,1-3H3,(H,17,21). The SMILES string of the molecule is CCC1(C)NC(=O)N(CC(O)COc2ccc(OC)cc2)C1=O. The van der Waals surface area contributed by atoms with Crippen LogP contribution in [0, 0.1) is 0 Å². The van der Waals surface area contributed by atoms with E-state index in [-0.39, 0.29) is 19.1 Å². The summed E-state index contributed by atoms with van der Waals surface area (Å²) >= 11 is 0. The summed E-state index contributed by atoms with van der Waals surface area (Å²) in [5.74, 6) is 0.949. The summed E-state index contributed by atoms with van der Waals surface area (Å²) in [5, 5.41) is 12.7. The normalized spacial score (nSPS) is 22.0. The van der Waals surface area contributed by atoms with Crippen LogP contribution in [0.3, 0.4) is 0 Å². The van der Waals surface area contributed by atoms with Gasteiger partial charge in [0.15, 0.2) is 0 Å². The fourth-order valence-corrected chi connectivity index (χ4v) is 2.28. The van der Waals surface area contributed by atoms with Gasteiger partial charge in [-0.25, -0.2) is 4.79 Å². The molecule has 7 heteroatoms. The Morgan fingerprint density at radius 1 is 1.26 bits per heavy atom. The number of amides is 3. The van der Waals surface area contributed by atoms with Gasteiger partial charge < -0.3 is 19.9 Å². The van der Waals surface area contributed by atoms with Crippen molar-refractivity contribution in [2.24, 2.45) is 0 Å². The van der Waals surface area contributed by atoms with Crippen LogP contribution in [0.5, 0.6) is 11.5 Å². The third kappa shape index (κ3) is 3.73. The largest absolute Gasteiger partial charge is 0.497 e. The van der Waals surface area contributed by atoms with Crippen molar-refractivity contribution in [2.45, 2.75) is 31.9 Å². The summed E-state index contributed by atoms with van der Waals surface area (Å²) in [6, 6.07) is 6.43. The van der Waals surface area contributed by atoms with Gasteiger partial charge in [-0.3, -0.25) is 9.69 Å². The first-order valence-electron chi connectivity index (χ1n) is 7.48. The first kappa shape index (κ1) is 17.1. The Kier molecular flexibility index (Phi) is 5.10. The van der Waals surface area contributed by atoms with E-state index < -0.39 is 17.7 Å². The summed E-state index contributed by atoms with van der Waals surface area (Å²) in [5.41, 5.74) is -0.895. The molecule has 0 spiro atoms. The molecule has 1 fully saturated rings. The molecule has 7 nitrogen and oxygen atoms in total. The lowest BCUT2D eigenvalue weighted by Gasteiger charge is -2.21. The molecular formula is C16H22N2O5. The average molecular weight is 322 g/mol. The highest BCUT2D eigenvalue weighted by Gasteiger charge is 2.46. The Labute approximate surface area is 135 Å². The summed E-state index contributed by atoms with van der Waals surface area (Å²) in [6.07, 6.45) is -0.474. The van der Waals surface area contributed by atoms with Crippen LogP contribution in [0.4, 0.5) is 4.79 Å². The van der Waals surface area contributed by atoms with E-state index in [0.29, 0.717) is 17.9 Å². The number of benzene rings is 1. The Morgan fingerprint density at radius 3 is 2.39 bits per heavy atom. The minimum absolute atomic E-state index is 0.0216. The number of hydrogen-bond donors (Lipinski definition) is 2. The van der Waals surface area contributed by atoms with E-state index in [1.807, 2.05) is 6.92 Å². The Balaban J connectivity index is 1.88. The summed E-state index contributed by atoms with van der Waals surface area (Å²) in [4.78, 5) is 25.1. The number of aliphatic hydroxyl groups excluding tert-OH is 1. The lowest BCUT2D eigenvalue weighted by atomic mass is 9.99. The topological polar surface area (TPSA) is 88.1 Å². The van der Waals surface area contributed by atoms with Gasteiger partial charge >= 0.3 is 6.03 Å². The number of β-amino-alcohol motifs (C(OH)–C–C–N with tert-alkyl or cyclic N) is 1. The number of rotatable bonds is 7. The molecule has 2 rings (SSSR count). The van der Waals surface area contributed by atoms with Gasteiger partial charge in [-0.2, -0.15) is 0 Å². The Hall–Kier alpha value is -2.28. The molecule has 1 aromatic carbocycles. The number of carbonyl (C=O) groups excluding carboxylic acids is 2. The number of aliphatic hydroxyl groups is 1. The van der Waals surface area contributed by atoms with Gasteiger partial charge in [-0.1, -0.05) is 6.92 Å². The molecule has 0 aromatic heterocycles. The molecule has 126 valence electrons. The fourth-order valence-electron chi connectivity index (χ4n) is 2.28. The molecule has 23 heavy (non-hydrogen) atoms. The van der Waals surface area contributed by atoms with Crippen molar-refractivity contribution in [2.75, 3.05) is 20.3 Å². The van der Waals surface area contributed by atoms with Crippen LogP contribution in [-0.4, -0.2) is 53.8 Å². The molecular weight excluding hydrogens is 300 g/mol.